The van der Waals surface area contributed by atoms with Crippen LogP contribution in [0.25, 0.3) is 10.9 Å². The van der Waals surface area contributed by atoms with Crippen molar-refractivity contribution in [3.63, 3.8) is 0 Å². The number of alkyl halides is 3. The normalized spacial score (nSPS) is 11.8. The fourth-order valence-electron chi connectivity index (χ4n) is 3.00. The summed E-state index contributed by atoms with van der Waals surface area (Å²) in [5.74, 6) is 0.311. The van der Waals surface area contributed by atoms with Gasteiger partial charge < -0.3 is 10.1 Å². The molecule has 5 nitrogen and oxygen atoms in total. The van der Waals surface area contributed by atoms with E-state index in [9.17, 15) is 13.2 Å². The number of hydrogen-bond donors (Lipinski definition) is 1. The molecule has 4 aromatic rings. The van der Waals surface area contributed by atoms with E-state index in [0.717, 1.165) is 27.4 Å². The lowest BCUT2D eigenvalue weighted by Gasteiger charge is -2.11. The lowest BCUT2D eigenvalue weighted by atomic mass is 10.1. The van der Waals surface area contributed by atoms with Crippen LogP contribution in [-0.2, 0) is 12.7 Å². The standard InChI is InChI=1S/C21H16ClF3N4OS/c1-26-9-13-12-29(31-16-3-2-6-27-11-16)19-8-15(4-5-17(13)19)30-20-18(22)7-14(10-28-20)21(23,24)25/h2-8,10-12,26H,9H2,1H3. The molecule has 3 heterocycles. The summed E-state index contributed by atoms with van der Waals surface area (Å²) in [5.41, 5.74) is 1.03. The van der Waals surface area contributed by atoms with Gasteiger partial charge in [-0.1, -0.05) is 11.6 Å². The quantitative estimate of drug-likeness (QED) is 0.370. The Kier molecular flexibility index (Phi) is 6.08. The van der Waals surface area contributed by atoms with Crippen molar-refractivity contribution in [3.8, 4) is 11.6 Å². The van der Waals surface area contributed by atoms with Crippen LogP contribution in [0.2, 0.25) is 5.02 Å². The smallest absolute Gasteiger partial charge is 0.417 e. The van der Waals surface area contributed by atoms with E-state index >= 15 is 0 Å². The molecule has 4 rings (SSSR count). The van der Waals surface area contributed by atoms with Crippen molar-refractivity contribution in [3.05, 3.63) is 77.3 Å². The van der Waals surface area contributed by atoms with Crippen LogP contribution in [0.1, 0.15) is 11.1 Å². The van der Waals surface area contributed by atoms with Gasteiger partial charge in [-0.2, -0.15) is 13.2 Å². The highest BCUT2D eigenvalue weighted by molar-refractivity contribution is 7.98. The third-order valence-corrected chi connectivity index (χ3v) is 5.60. The Bertz CT molecular complexity index is 1210. The third kappa shape index (κ3) is 4.79. The van der Waals surface area contributed by atoms with Gasteiger partial charge in [0.1, 0.15) is 10.8 Å². The first kappa shape index (κ1) is 21.5. The molecule has 0 saturated heterocycles. The Hall–Kier alpha value is -2.75. The van der Waals surface area contributed by atoms with Gasteiger partial charge in [0, 0.05) is 47.7 Å². The van der Waals surface area contributed by atoms with Gasteiger partial charge in [-0.3, -0.25) is 8.96 Å². The molecular formula is C21H16ClF3N4OS. The molecule has 0 aliphatic rings. The van der Waals surface area contributed by atoms with Crippen LogP contribution in [0.3, 0.4) is 0 Å². The first-order chi connectivity index (χ1) is 14.8. The first-order valence-corrected chi connectivity index (χ1v) is 10.3. The van der Waals surface area contributed by atoms with E-state index in [2.05, 4.69) is 15.3 Å². The summed E-state index contributed by atoms with van der Waals surface area (Å²) in [6, 6.07) is 10.0. The molecule has 160 valence electrons. The van der Waals surface area contributed by atoms with Crippen molar-refractivity contribution in [1.82, 2.24) is 19.3 Å². The molecule has 0 spiro atoms. The van der Waals surface area contributed by atoms with Crippen molar-refractivity contribution >= 4 is 34.5 Å². The highest BCUT2D eigenvalue weighted by Gasteiger charge is 2.31. The monoisotopic (exact) mass is 464 g/mol. The average Bonchev–Trinajstić information content (AvgIpc) is 3.06. The van der Waals surface area contributed by atoms with Gasteiger partial charge in [0.15, 0.2) is 0 Å². The maximum atomic E-state index is 12.8. The van der Waals surface area contributed by atoms with Crippen LogP contribution in [-0.4, -0.2) is 21.0 Å². The largest absolute Gasteiger partial charge is 0.437 e. The number of hydrogen-bond acceptors (Lipinski definition) is 5. The molecule has 0 amide bonds. The van der Waals surface area contributed by atoms with Crippen molar-refractivity contribution in [1.29, 1.82) is 0 Å². The Morgan fingerprint density at radius 2 is 2.03 bits per heavy atom. The number of fused-ring (bicyclic) bond motifs is 1. The summed E-state index contributed by atoms with van der Waals surface area (Å²) in [5, 5.41) is 3.95. The number of halogens is 4. The molecule has 0 aliphatic carbocycles. The minimum Gasteiger partial charge on any atom is -0.437 e. The minimum absolute atomic E-state index is 0.0949. The second-order valence-electron chi connectivity index (χ2n) is 6.58. The molecule has 1 N–H and O–H groups in total. The first-order valence-electron chi connectivity index (χ1n) is 9.12. The number of rotatable bonds is 6. The molecule has 3 aromatic heterocycles. The number of nitrogens with zero attached hydrogens (tertiary/aromatic N) is 3. The maximum Gasteiger partial charge on any atom is 0.417 e. The van der Waals surface area contributed by atoms with E-state index in [1.165, 1.54) is 11.9 Å². The van der Waals surface area contributed by atoms with E-state index < -0.39 is 11.7 Å². The highest BCUT2D eigenvalue weighted by atomic mass is 35.5. The minimum atomic E-state index is -4.53. The summed E-state index contributed by atoms with van der Waals surface area (Å²) in [6.07, 6.45) is 1.66. The van der Waals surface area contributed by atoms with Crippen LogP contribution in [0.4, 0.5) is 13.2 Å². The van der Waals surface area contributed by atoms with Crippen LogP contribution in [0, 0.1) is 0 Å². The van der Waals surface area contributed by atoms with E-state index in [-0.39, 0.29) is 10.9 Å². The molecular weight excluding hydrogens is 449 g/mol. The second kappa shape index (κ2) is 8.78. The van der Waals surface area contributed by atoms with E-state index in [1.54, 1.807) is 24.5 Å². The van der Waals surface area contributed by atoms with E-state index in [1.807, 2.05) is 35.4 Å². The van der Waals surface area contributed by atoms with E-state index in [0.29, 0.717) is 18.5 Å². The van der Waals surface area contributed by atoms with Crippen molar-refractivity contribution in [2.45, 2.75) is 17.6 Å². The van der Waals surface area contributed by atoms with Crippen LogP contribution >= 0.6 is 23.5 Å². The number of pyridine rings is 2. The molecule has 0 bridgehead atoms. The predicted molar refractivity (Wildman–Crippen MR) is 115 cm³/mol. The van der Waals surface area contributed by atoms with Crippen molar-refractivity contribution in [2.75, 3.05) is 7.05 Å². The Balaban J connectivity index is 1.69. The zero-order chi connectivity index (χ0) is 22.0. The second-order valence-corrected chi connectivity index (χ2v) is 8.03. The maximum absolute atomic E-state index is 12.8. The van der Waals surface area contributed by atoms with Gasteiger partial charge in [-0.15, -0.1) is 0 Å². The fourth-order valence-corrected chi connectivity index (χ4v) is 4.11. The number of aromatic nitrogens is 3. The van der Waals surface area contributed by atoms with Crippen LogP contribution in [0.5, 0.6) is 11.6 Å². The molecule has 10 heteroatoms. The Labute approximate surface area is 185 Å². The van der Waals surface area contributed by atoms with Gasteiger partial charge >= 0.3 is 6.18 Å². The molecule has 0 atom stereocenters. The third-order valence-electron chi connectivity index (χ3n) is 4.38. The van der Waals surface area contributed by atoms with Gasteiger partial charge in [0.05, 0.1) is 11.1 Å². The zero-order valence-electron chi connectivity index (χ0n) is 16.2. The Morgan fingerprint density at radius 1 is 1.19 bits per heavy atom. The number of benzene rings is 1. The van der Waals surface area contributed by atoms with Gasteiger partial charge in [0.2, 0.25) is 5.88 Å². The van der Waals surface area contributed by atoms with Gasteiger partial charge in [-0.05, 0) is 54.9 Å². The lowest BCUT2D eigenvalue weighted by Crippen LogP contribution is -2.05. The summed E-state index contributed by atoms with van der Waals surface area (Å²) >= 11 is 7.47. The average molecular weight is 465 g/mol. The summed E-state index contributed by atoms with van der Waals surface area (Å²) in [6.45, 7) is 0.670. The Morgan fingerprint density at radius 3 is 2.71 bits per heavy atom. The number of nitrogens with one attached hydrogen (secondary N) is 1. The highest BCUT2D eigenvalue weighted by Crippen LogP contribution is 2.36. The molecule has 0 aliphatic heterocycles. The van der Waals surface area contributed by atoms with Crippen molar-refractivity contribution in [2.24, 2.45) is 0 Å². The van der Waals surface area contributed by atoms with E-state index in [4.69, 9.17) is 16.3 Å². The molecule has 0 saturated carbocycles. The summed E-state index contributed by atoms with van der Waals surface area (Å²) < 4.78 is 46.2. The molecule has 0 unspecified atom stereocenters. The summed E-state index contributed by atoms with van der Waals surface area (Å²) in [4.78, 5) is 8.83. The molecule has 31 heavy (non-hydrogen) atoms. The number of ether oxygens (including phenoxy) is 1. The van der Waals surface area contributed by atoms with Gasteiger partial charge in [0.25, 0.3) is 0 Å². The topological polar surface area (TPSA) is 52.0 Å². The molecule has 1 aromatic carbocycles. The predicted octanol–water partition coefficient (Wildman–Crippen LogP) is 6.17. The van der Waals surface area contributed by atoms with Crippen molar-refractivity contribution < 1.29 is 17.9 Å². The SMILES string of the molecule is CNCc1cn(Sc2cccnc2)c2cc(Oc3ncc(C(F)(F)F)cc3Cl)ccc12. The fraction of sp³-hybridized carbons (Fsp3) is 0.143. The van der Waals surface area contributed by atoms with Gasteiger partial charge in [-0.25, -0.2) is 4.98 Å². The zero-order valence-corrected chi connectivity index (χ0v) is 17.7. The van der Waals surface area contributed by atoms with Crippen LogP contribution < -0.4 is 10.1 Å². The van der Waals surface area contributed by atoms with Crippen LogP contribution in [0.15, 0.2) is 66.1 Å². The summed E-state index contributed by atoms with van der Waals surface area (Å²) in [7, 11) is 1.87. The lowest BCUT2D eigenvalue weighted by molar-refractivity contribution is -0.137. The molecule has 0 radical (unpaired) electrons. The molecule has 0 fully saturated rings.